The van der Waals surface area contributed by atoms with Crippen LogP contribution in [0.4, 0.5) is 5.69 Å². The third-order valence-corrected chi connectivity index (χ3v) is 7.09. The number of hydrogen-bond acceptors (Lipinski definition) is 4. The molecular weight excluding hydrogens is 380 g/mol. The van der Waals surface area contributed by atoms with Crippen molar-refractivity contribution < 1.29 is 13.2 Å². The van der Waals surface area contributed by atoms with E-state index in [-0.39, 0.29) is 22.4 Å². The lowest BCUT2D eigenvalue weighted by Crippen LogP contribution is -2.33. The first-order valence-corrected chi connectivity index (χ1v) is 10.9. The van der Waals surface area contributed by atoms with Gasteiger partial charge in [-0.1, -0.05) is 24.3 Å². The number of carbonyl (C=O) groups is 1. The summed E-state index contributed by atoms with van der Waals surface area (Å²) in [5, 5.41) is 2.86. The summed E-state index contributed by atoms with van der Waals surface area (Å²) in [6.07, 6.45) is 1.79. The van der Waals surface area contributed by atoms with E-state index in [0.29, 0.717) is 5.69 Å². The molecule has 0 bridgehead atoms. The fourth-order valence-electron chi connectivity index (χ4n) is 2.28. The number of sulfonamides is 1. The van der Waals surface area contributed by atoms with Crippen molar-refractivity contribution in [2.75, 3.05) is 18.1 Å². The van der Waals surface area contributed by atoms with Gasteiger partial charge in [0.25, 0.3) is 5.91 Å². The SMILES string of the molecule is C=CCSc1ccccc1NC(=O)c1cccc(S(=O)(=O)N(C)C(C)C)c1. The molecule has 0 fully saturated rings. The molecule has 0 aromatic heterocycles. The first-order chi connectivity index (χ1) is 12.8. The van der Waals surface area contributed by atoms with E-state index in [0.717, 1.165) is 10.6 Å². The average molecular weight is 405 g/mol. The molecule has 0 atom stereocenters. The van der Waals surface area contributed by atoms with Crippen molar-refractivity contribution in [1.82, 2.24) is 4.31 Å². The molecule has 2 aromatic rings. The van der Waals surface area contributed by atoms with E-state index in [1.807, 2.05) is 24.3 Å². The monoisotopic (exact) mass is 404 g/mol. The molecule has 1 N–H and O–H groups in total. The first kappa shape index (κ1) is 21.2. The Kier molecular flexibility index (Phi) is 7.24. The number of nitrogens with one attached hydrogen (secondary N) is 1. The largest absolute Gasteiger partial charge is 0.321 e. The number of thioether (sulfide) groups is 1. The molecule has 1 amide bonds. The smallest absolute Gasteiger partial charge is 0.255 e. The highest BCUT2D eigenvalue weighted by Gasteiger charge is 2.24. The molecule has 27 heavy (non-hydrogen) atoms. The summed E-state index contributed by atoms with van der Waals surface area (Å²) in [4.78, 5) is 13.7. The van der Waals surface area contributed by atoms with Crippen LogP contribution in [0.1, 0.15) is 24.2 Å². The normalized spacial score (nSPS) is 11.6. The van der Waals surface area contributed by atoms with Crippen LogP contribution >= 0.6 is 11.8 Å². The second-order valence-corrected chi connectivity index (χ2v) is 9.25. The van der Waals surface area contributed by atoms with Crippen molar-refractivity contribution >= 4 is 33.4 Å². The molecule has 0 heterocycles. The van der Waals surface area contributed by atoms with Gasteiger partial charge in [-0.05, 0) is 44.2 Å². The number of anilines is 1. The minimum Gasteiger partial charge on any atom is -0.321 e. The topological polar surface area (TPSA) is 66.5 Å². The van der Waals surface area contributed by atoms with E-state index >= 15 is 0 Å². The van der Waals surface area contributed by atoms with Gasteiger partial charge in [0.1, 0.15) is 0 Å². The van der Waals surface area contributed by atoms with Gasteiger partial charge >= 0.3 is 0 Å². The summed E-state index contributed by atoms with van der Waals surface area (Å²) < 4.78 is 26.6. The van der Waals surface area contributed by atoms with Crippen LogP contribution < -0.4 is 5.32 Å². The number of carbonyl (C=O) groups excluding carboxylic acids is 1. The Balaban J connectivity index is 2.28. The molecule has 0 unspecified atom stereocenters. The van der Waals surface area contributed by atoms with Crippen LogP contribution in [0.2, 0.25) is 0 Å². The standard InChI is InChI=1S/C20H24N2O3S2/c1-5-13-26-19-12-7-6-11-18(19)21-20(23)16-9-8-10-17(14-16)27(24,25)22(4)15(2)3/h5-12,14-15H,1,13H2,2-4H3,(H,21,23). The molecule has 144 valence electrons. The van der Waals surface area contributed by atoms with E-state index in [9.17, 15) is 13.2 Å². The fourth-order valence-corrected chi connectivity index (χ4v) is 4.44. The highest BCUT2D eigenvalue weighted by molar-refractivity contribution is 7.99. The molecule has 0 radical (unpaired) electrons. The zero-order valence-corrected chi connectivity index (χ0v) is 17.3. The Morgan fingerprint density at radius 2 is 1.93 bits per heavy atom. The zero-order valence-electron chi connectivity index (χ0n) is 15.7. The number of hydrogen-bond donors (Lipinski definition) is 1. The Hall–Kier alpha value is -2.09. The second-order valence-electron chi connectivity index (χ2n) is 6.19. The molecule has 7 heteroatoms. The number of benzene rings is 2. The van der Waals surface area contributed by atoms with E-state index < -0.39 is 10.0 Å². The third-order valence-electron chi connectivity index (χ3n) is 3.99. The van der Waals surface area contributed by atoms with Gasteiger partial charge in [0, 0.05) is 29.3 Å². The van der Waals surface area contributed by atoms with Crippen LogP contribution in [0, 0.1) is 0 Å². The lowest BCUT2D eigenvalue weighted by atomic mass is 10.2. The highest BCUT2D eigenvalue weighted by atomic mass is 32.2. The summed E-state index contributed by atoms with van der Waals surface area (Å²) in [7, 11) is -2.12. The molecule has 0 aliphatic carbocycles. The van der Waals surface area contributed by atoms with E-state index in [2.05, 4.69) is 11.9 Å². The molecule has 0 spiro atoms. The maximum absolute atomic E-state index is 12.7. The van der Waals surface area contributed by atoms with Crippen LogP contribution in [0.25, 0.3) is 0 Å². The minimum atomic E-state index is -3.65. The van der Waals surface area contributed by atoms with Crippen LogP contribution in [-0.4, -0.2) is 37.5 Å². The maximum Gasteiger partial charge on any atom is 0.255 e. The van der Waals surface area contributed by atoms with Crippen molar-refractivity contribution in [3.05, 3.63) is 66.7 Å². The quantitative estimate of drug-likeness (QED) is 0.528. The average Bonchev–Trinajstić information content (AvgIpc) is 2.66. The molecule has 2 aromatic carbocycles. The van der Waals surface area contributed by atoms with Crippen molar-refractivity contribution in [1.29, 1.82) is 0 Å². The summed E-state index contributed by atoms with van der Waals surface area (Å²) in [5.74, 6) is 0.369. The van der Waals surface area contributed by atoms with Crippen LogP contribution in [0.15, 0.2) is 71.0 Å². The van der Waals surface area contributed by atoms with Crippen molar-refractivity contribution in [2.45, 2.75) is 29.7 Å². The first-order valence-electron chi connectivity index (χ1n) is 8.49. The van der Waals surface area contributed by atoms with Crippen LogP contribution in [-0.2, 0) is 10.0 Å². The molecule has 2 rings (SSSR count). The number of nitrogens with zero attached hydrogens (tertiary/aromatic N) is 1. The minimum absolute atomic E-state index is 0.0978. The van der Waals surface area contributed by atoms with Gasteiger partial charge in [-0.25, -0.2) is 8.42 Å². The zero-order chi connectivity index (χ0) is 20.0. The molecule has 0 saturated heterocycles. The molecule has 0 aliphatic rings. The lowest BCUT2D eigenvalue weighted by Gasteiger charge is -2.21. The van der Waals surface area contributed by atoms with Gasteiger partial charge in [0.2, 0.25) is 10.0 Å². The van der Waals surface area contributed by atoms with E-state index in [1.165, 1.54) is 23.5 Å². The molecule has 0 saturated carbocycles. The van der Waals surface area contributed by atoms with Crippen molar-refractivity contribution in [3.8, 4) is 0 Å². The summed E-state index contributed by atoms with van der Waals surface area (Å²) in [6.45, 7) is 7.30. The van der Waals surface area contributed by atoms with Gasteiger partial charge in [-0.2, -0.15) is 4.31 Å². The predicted molar refractivity (Wildman–Crippen MR) is 112 cm³/mol. The van der Waals surface area contributed by atoms with E-state index in [4.69, 9.17) is 0 Å². The Labute approximate surface area is 165 Å². The lowest BCUT2D eigenvalue weighted by molar-refractivity contribution is 0.102. The van der Waals surface area contributed by atoms with Gasteiger partial charge < -0.3 is 5.32 Å². The van der Waals surface area contributed by atoms with Gasteiger partial charge in [-0.15, -0.1) is 18.3 Å². The van der Waals surface area contributed by atoms with Gasteiger partial charge in [0.15, 0.2) is 0 Å². The predicted octanol–water partition coefficient (Wildman–Crippen LogP) is 4.25. The van der Waals surface area contributed by atoms with Gasteiger partial charge in [-0.3, -0.25) is 4.79 Å². The van der Waals surface area contributed by atoms with E-state index in [1.54, 1.807) is 43.8 Å². The van der Waals surface area contributed by atoms with Gasteiger partial charge in [0.05, 0.1) is 10.6 Å². The molecule has 5 nitrogen and oxygen atoms in total. The summed E-state index contributed by atoms with van der Waals surface area (Å²) in [6, 6.07) is 13.4. The molecular formula is C20H24N2O3S2. The Morgan fingerprint density at radius 3 is 2.59 bits per heavy atom. The highest BCUT2D eigenvalue weighted by Crippen LogP contribution is 2.27. The maximum atomic E-state index is 12.7. The Morgan fingerprint density at radius 1 is 1.22 bits per heavy atom. The molecule has 0 aliphatic heterocycles. The van der Waals surface area contributed by atoms with Crippen molar-refractivity contribution in [2.24, 2.45) is 0 Å². The number of rotatable bonds is 8. The number of amides is 1. The van der Waals surface area contributed by atoms with Crippen LogP contribution in [0.5, 0.6) is 0 Å². The fraction of sp³-hybridized carbons (Fsp3) is 0.250. The number of para-hydroxylation sites is 1. The van der Waals surface area contributed by atoms with Crippen molar-refractivity contribution in [3.63, 3.8) is 0 Å². The third kappa shape index (κ3) is 5.22. The second kappa shape index (κ2) is 9.21. The Bertz CT molecular complexity index is 924. The van der Waals surface area contributed by atoms with Crippen LogP contribution in [0.3, 0.4) is 0 Å². The summed E-state index contributed by atoms with van der Waals surface area (Å²) in [5.41, 5.74) is 0.971. The summed E-state index contributed by atoms with van der Waals surface area (Å²) >= 11 is 1.56.